The van der Waals surface area contributed by atoms with Gasteiger partial charge in [-0.3, -0.25) is 25.1 Å². The van der Waals surface area contributed by atoms with Gasteiger partial charge in [-0.15, -0.1) is 0 Å². The third-order valence-corrected chi connectivity index (χ3v) is 2.98. The predicted molar refractivity (Wildman–Crippen MR) is 72.9 cm³/mol. The lowest BCUT2D eigenvalue weighted by atomic mass is 10.2. The smallest absolute Gasteiger partial charge is 0.298 e. The molecule has 1 aromatic rings. The zero-order chi connectivity index (χ0) is 15.4. The molecule has 0 unspecified atom stereocenters. The second kappa shape index (κ2) is 6.12. The molecule has 0 bridgehead atoms. The quantitative estimate of drug-likeness (QED) is 0.396. The van der Waals surface area contributed by atoms with Crippen molar-refractivity contribution in [3.8, 4) is 0 Å². The summed E-state index contributed by atoms with van der Waals surface area (Å²) in [7, 11) is 0. The summed E-state index contributed by atoms with van der Waals surface area (Å²) in [5, 5.41) is 16.2. The number of rotatable bonds is 4. The minimum atomic E-state index is -1.02. The van der Waals surface area contributed by atoms with Crippen molar-refractivity contribution in [3.05, 3.63) is 39.9 Å². The summed E-state index contributed by atoms with van der Waals surface area (Å²) in [5.41, 5.74) is 0.454. The highest BCUT2D eigenvalue weighted by molar-refractivity contribution is 6.03. The number of carbonyl (C=O) groups is 2. The molecule has 1 aliphatic carbocycles. The lowest BCUT2D eigenvalue weighted by molar-refractivity contribution is -0.384. The van der Waals surface area contributed by atoms with Crippen LogP contribution in [0.15, 0.2) is 29.4 Å². The molecule has 1 saturated carbocycles. The predicted octanol–water partition coefficient (Wildman–Crippen LogP) is 2.25. The van der Waals surface area contributed by atoms with Gasteiger partial charge < -0.3 is 0 Å². The van der Waals surface area contributed by atoms with Gasteiger partial charge in [-0.05, 0) is 25.8 Å². The lowest BCUT2D eigenvalue weighted by Crippen LogP contribution is -2.30. The Morgan fingerprint density at radius 1 is 1.43 bits per heavy atom. The third kappa shape index (κ3) is 4.10. The molecule has 1 fully saturated rings. The summed E-state index contributed by atoms with van der Waals surface area (Å²) < 4.78 is 0. The molecule has 0 aromatic heterocycles. The number of nitrogens with zero attached hydrogens (tertiary/aromatic N) is 2. The standard InChI is InChI=1S/C13H13N3O5/c1-8(9-5-6-9)15-21-13(18)14-12(17)10-3-2-4-11(7-10)16(19)20/h2-4,7,9H,5-6H2,1H3,(H,14,17,18). The Labute approximate surface area is 119 Å². The van der Waals surface area contributed by atoms with E-state index in [0.717, 1.165) is 18.9 Å². The van der Waals surface area contributed by atoms with Gasteiger partial charge >= 0.3 is 6.09 Å². The molecule has 21 heavy (non-hydrogen) atoms. The molecule has 0 spiro atoms. The van der Waals surface area contributed by atoms with E-state index in [0.29, 0.717) is 11.6 Å². The maximum Gasteiger partial charge on any atom is 0.440 e. The second-order valence-electron chi connectivity index (χ2n) is 4.65. The lowest BCUT2D eigenvalue weighted by Gasteiger charge is -2.02. The van der Waals surface area contributed by atoms with E-state index >= 15 is 0 Å². The summed E-state index contributed by atoms with van der Waals surface area (Å²) in [6.45, 7) is 1.74. The molecule has 0 aliphatic heterocycles. The molecular formula is C13H13N3O5. The summed E-state index contributed by atoms with van der Waals surface area (Å²) in [6, 6.07) is 5.03. The molecule has 2 rings (SSSR count). The zero-order valence-corrected chi connectivity index (χ0v) is 11.2. The van der Waals surface area contributed by atoms with Gasteiger partial charge in [0, 0.05) is 23.6 Å². The van der Waals surface area contributed by atoms with Crippen molar-refractivity contribution in [1.82, 2.24) is 5.32 Å². The number of non-ortho nitro benzene ring substituents is 1. The topological polar surface area (TPSA) is 111 Å². The summed E-state index contributed by atoms with van der Waals surface area (Å²) >= 11 is 0. The number of nitrogens with one attached hydrogen (secondary N) is 1. The van der Waals surface area contributed by atoms with Crippen molar-refractivity contribution in [3.63, 3.8) is 0 Å². The maximum atomic E-state index is 11.7. The van der Waals surface area contributed by atoms with Crippen molar-refractivity contribution in [1.29, 1.82) is 0 Å². The van der Waals surface area contributed by atoms with Crippen LogP contribution < -0.4 is 5.32 Å². The third-order valence-electron chi connectivity index (χ3n) is 2.98. The molecule has 2 amide bonds. The van der Waals surface area contributed by atoms with Crippen molar-refractivity contribution < 1.29 is 19.3 Å². The number of oxime groups is 1. The van der Waals surface area contributed by atoms with Crippen LogP contribution >= 0.6 is 0 Å². The first-order valence-corrected chi connectivity index (χ1v) is 6.28. The van der Waals surface area contributed by atoms with Crippen LogP contribution in [0.5, 0.6) is 0 Å². The molecule has 0 heterocycles. The van der Waals surface area contributed by atoms with Gasteiger partial charge in [-0.1, -0.05) is 11.2 Å². The Balaban J connectivity index is 1.94. The highest BCUT2D eigenvalue weighted by Crippen LogP contribution is 2.30. The molecule has 8 heteroatoms. The van der Waals surface area contributed by atoms with E-state index in [1.807, 2.05) is 5.32 Å². The van der Waals surface area contributed by atoms with Crippen LogP contribution in [0.25, 0.3) is 0 Å². The number of nitro benzene ring substituents is 1. The van der Waals surface area contributed by atoms with Crippen LogP contribution in [-0.4, -0.2) is 22.6 Å². The van der Waals surface area contributed by atoms with E-state index in [1.54, 1.807) is 6.92 Å². The van der Waals surface area contributed by atoms with Gasteiger partial charge in [0.05, 0.1) is 10.6 Å². The first kappa shape index (κ1) is 14.6. The minimum absolute atomic E-state index is 0.0101. The summed E-state index contributed by atoms with van der Waals surface area (Å²) in [6.07, 6.45) is 1.02. The van der Waals surface area contributed by atoms with Crippen LogP contribution in [0, 0.1) is 16.0 Å². The Bertz CT molecular complexity index is 622. The number of nitro groups is 1. The number of imide groups is 1. The normalized spacial score (nSPS) is 14.4. The van der Waals surface area contributed by atoms with Crippen LogP contribution in [0.1, 0.15) is 30.1 Å². The van der Waals surface area contributed by atoms with Crippen LogP contribution in [0.2, 0.25) is 0 Å². The highest BCUT2D eigenvalue weighted by atomic mass is 16.7. The second-order valence-corrected chi connectivity index (χ2v) is 4.65. The van der Waals surface area contributed by atoms with E-state index in [2.05, 4.69) is 9.99 Å². The number of hydrogen-bond acceptors (Lipinski definition) is 6. The fraction of sp³-hybridized carbons (Fsp3) is 0.308. The van der Waals surface area contributed by atoms with Gasteiger partial charge in [-0.25, -0.2) is 4.79 Å². The van der Waals surface area contributed by atoms with Crippen molar-refractivity contribution in [2.24, 2.45) is 11.1 Å². The number of amides is 2. The minimum Gasteiger partial charge on any atom is -0.298 e. The average Bonchev–Trinajstić information content (AvgIpc) is 3.29. The van der Waals surface area contributed by atoms with Gasteiger partial charge in [0.25, 0.3) is 11.6 Å². The Kier molecular flexibility index (Phi) is 4.27. The van der Waals surface area contributed by atoms with Crippen molar-refractivity contribution >= 4 is 23.4 Å². The van der Waals surface area contributed by atoms with Crippen LogP contribution in [-0.2, 0) is 4.84 Å². The van der Waals surface area contributed by atoms with Gasteiger partial charge in [0.1, 0.15) is 0 Å². The van der Waals surface area contributed by atoms with E-state index in [4.69, 9.17) is 0 Å². The largest absolute Gasteiger partial charge is 0.440 e. The highest BCUT2D eigenvalue weighted by Gasteiger charge is 2.25. The SMILES string of the molecule is CC(=NOC(=O)NC(=O)c1cccc([N+](=O)[O-])c1)C1CC1. The number of hydrogen-bond donors (Lipinski definition) is 1. The number of carbonyl (C=O) groups excluding carboxylic acids is 2. The van der Waals surface area contributed by atoms with E-state index < -0.39 is 16.9 Å². The molecule has 1 aromatic carbocycles. The Hall–Kier alpha value is -2.77. The monoisotopic (exact) mass is 291 g/mol. The van der Waals surface area contributed by atoms with E-state index in [9.17, 15) is 19.7 Å². The zero-order valence-electron chi connectivity index (χ0n) is 11.2. The summed E-state index contributed by atoms with van der Waals surface area (Å²) in [5.74, 6) is -0.437. The van der Waals surface area contributed by atoms with Gasteiger partial charge in [-0.2, -0.15) is 0 Å². The fourth-order valence-corrected chi connectivity index (χ4v) is 1.64. The maximum absolute atomic E-state index is 11.7. The number of benzene rings is 1. The molecule has 0 radical (unpaired) electrons. The van der Waals surface area contributed by atoms with E-state index in [-0.39, 0.29) is 11.3 Å². The molecule has 8 nitrogen and oxygen atoms in total. The van der Waals surface area contributed by atoms with E-state index in [1.165, 1.54) is 18.2 Å². The van der Waals surface area contributed by atoms with Gasteiger partial charge in [0.15, 0.2) is 0 Å². The molecule has 110 valence electrons. The molecule has 1 N–H and O–H groups in total. The van der Waals surface area contributed by atoms with Crippen molar-refractivity contribution in [2.45, 2.75) is 19.8 Å². The molecule has 0 atom stereocenters. The van der Waals surface area contributed by atoms with Crippen LogP contribution in [0.4, 0.5) is 10.5 Å². The first-order chi connectivity index (χ1) is 9.97. The molecular weight excluding hydrogens is 278 g/mol. The summed E-state index contributed by atoms with van der Waals surface area (Å²) in [4.78, 5) is 37.7. The molecule has 1 aliphatic rings. The van der Waals surface area contributed by atoms with Crippen LogP contribution in [0.3, 0.4) is 0 Å². The average molecular weight is 291 g/mol. The Morgan fingerprint density at radius 3 is 2.76 bits per heavy atom. The Morgan fingerprint density at radius 2 is 2.14 bits per heavy atom. The van der Waals surface area contributed by atoms with Gasteiger partial charge in [0.2, 0.25) is 0 Å². The molecule has 0 saturated heterocycles. The first-order valence-electron chi connectivity index (χ1n) is 6.28. The fourth-order valence-electron chi connectivity index (χ4n) is 1.64. The van der Waals surface area contributed by atoms with Crippen molar-refractivity contribution in [2.75, 3.05) is 0 Å².